The lowest BCUT2D eigenvalue weighted by atomic mass is 10.1. The zero-order chi connectivity index (χ0) is 9.10. The highest BCUT2D eigenvalue weighted by Crippen LogP contribution is 2.11. The third-order valence-corrected chi connectivity index (χ3v) is 2.59. The third-order valence-electron chi connectivity index (χ3n) is 2.59. The van der Waals surface area contributed by atoms with E-state index in [0.717, 1.165) is 6.42 Å². The molecule has 1 N–H and O–H groups in total. The van der Waals surface area contributed by atoms with E-state index in [9.17, 15) is 0 Å². The van der Waals surface area contributed by atoms with Gasteiger partial charge in [-0.3, -0.25) is 4.98 Å². The van der Waals surface area contributed by atoms with Crippen molar-refractivity contribution >= 4 is 0 Å². The van der Waals surface area contributed by atoms with E-state index in [4.69, 9.17) is 0 Å². The third kappa shape index (κ3) is 2.28. The van der Waals surface area contributed by atoms with Gasteiger partial charge in [0.15, 0.2) is 0 Å². The van der Waals surface area contributed by atoms with Crippen molar-refractivity contribution in [3.05, 3.63) is 29.6 Å². The van der Waals surface area contributed by atoms with Crippen molar-refractivity contribution < 1.29 is 0 Å². The molecule has 0 aromatic carbocycles. The van der Waals surface area contributed by atoms with Gasteiger partial charge in [-0.05, 0) is 44.0 Å². The van der Waals surface area contributed by atoms with Gasteiger partial charge in [0.25, 0.3) is 0 Å². The number of aryl methyl sites for hydroxylation is 1. The van der Waals surface area contributed by atoms with Gasteiger partial charge in [-0.1, -0.05) is 0 Å². The smallest absolute Gasteiger partial charge is 0.0421 e. The summed E-state index contributed by atoms with van der Waals surface area (Å²) in [5.74, 6) is 0. The summed E-state index contributed by atoms with van der Waals surface area (Å²) in [4.78, 5) is 4.36. The first kappa shape index (κ1) is 8.70. The minimum Gasteiger partial charge on any atom is -0.314 e. The number of hydrogen-bond donors (Lipinski definition) is 1. The maximum absolute atomic E-state index is 4.36. The van der Waals surface area contributed by atoms with E-state index < -0.39 is 0 Å². The van der Waals surface area contributed by atoms with Crippen LogP contribution in [0.3, 0.4) is 0 Å². The van der Waals surface area contributed by atoms with E-state index in [1.807, 2.05) is 12.3 Å². The Bertz CT molecular complexity index is 277. The molecule has 0 amide bonds. The molecule has 0 spiro atoms. The molecule has 2 nitrogen and oxygen atoms in total. The van der Waals surface area contributed by atoms with Crippen LogP contribution in [0.4, 0.5) is 0 Å². The lowest BCUT2D eigenvalue weighted by Gasteiger charge is -2.09. The lowest BCUT2D eigenvalue weighted by Crippen LogP contribution is -2.24. The van der Waals surface area contributed by atoms with Crippen molar-refractivity contribution in [2.24, 2.45) is 0 Å². The Kier molecular flexibility index (Phi) is 2.60. The fraction of sp³-hybridized carbons (Fsp3) is 0.545. The quantitative estimate of drug-likeness (QED) is 0.741. The Morgan fingerprint density at radius 3 is 3.23 bits per heavy atom. The Morgan fingerprint density at radius 1 is 1.62 bits per heavy atom. The van der Waals surface area contributed by atoms with Crippen LogP contribution in [0.1, 0.15) is 24.1 Å². The normalized spacial score (nSPS) is 22.1. The molecule has 13 heavy (non-hydrogen) atoms. The zero-order valence-corrected chi connectivity index (χ0v) is 8.09. The number of nitrogens with one attached hydrogen (secondary N) is 1. The van der Waals surface area contributed by atoms with Gasteiger partial charge in [0.05, 0.1) is 0 Å². The van der Waals surface area contributed by atoms with Crippen LogP contribution in [-0.2, 0) is 6.42 Å². The van der Waals surface area contributed by atoms with E-state index in [2.05, 4.69) is 23.3 Å². The van der Waals surface area contributed by atoms with Gasteiger partial charge < -0.3 is 5.32 Å². The Balaban J connectivity index is 2.00. The molecule has 2 heteroatoms. The van der Waals surface area contributed by atoms with Gasteiger partial charge in [-0.25, -0.2) is 0 Å². The van der Waals surface area contributed by atoms with E-state index in [1.54, 1.807) is 0 Å². The van der Waals surface area contributed by atoms with E-state index >= 15 is 0 Å². The van der Waals surface area contributed by atoms with Gasteiger partial charge >= 0.3 is 0 Å². The van der Waals surface area contributed by atoms with Gasteiger partial charge in [-0.15, -0.1) is 0 Å². The van der Waals surface area contributed by atoms with E-state index in [1.165, 1.54) is 30.6 Å². The van der Waals surface area contributed by atoms with Gasteiger partial charge in [0, 0.05) is 24.4 Å². The molecule has 2 rings (SSSR count). The second kappa shape index (κ2) is 3.88. The molecule has 0 saturated carbocycles. The summed E-state index contributed by atoms with van der Waals surface area (Å²) in [7, 11) is 0. The first-order valence-electron chi connectivity index (χ1n) is 4.99. The maximum atomic E-state index is 4.36. The van der Waals surface area contributed by atoms with Crippen LogP contribution in [0.2, 0.25) is 0 Å². The van der Waals surface area contributed by atoms with Crippen molar-refractivity contribution in [3.63, 3.8) is 0 Å². The summed E-state index contributed by atoms with van der Waals surface area (Å²) in [6.45, 7) is 3.30. The standard InChI is InChI=1S/C11H16N2/c1-9-4-6-13-11(7-9)8-10-3-2-5-12-10/h4,6-7,10,12H,2-3,5,8H2,1H3. The van der Waals surface area contributed by atoms with Crippen LogP contribution in [0.5, 0.6) is 0 Å². The van der Waals surface area contributed by atoms with Crippen molar-refractivity contribution in [1.29, 1.82) is 0 Å². The molecule has 1 aliphatic rings. The molecule has 1 aliphatic heterocycles. The topological polar surface area (TPSA) is 24.9 Å². The zero-order valence-electron chi connectivity index (χ0n) is 8.09. The highest BCUT2D eigenvalue weighted by atomic mass is 14.9. The first-order chi connectivity index (χ1) is 6.34. The van der Waals surface area contributed by atoms with Crippen molar-refractivity contribution in [2.45, 2.75) is 32.2 Å². The van der Waals surface area contributed by atoms with Crippen molar-refractivity contribution in [3.8, 4) is 0 Å². The molecule has 1 aromatic rings. The Hall–Kier alpha value is -0.890. The fourth-order valence-electron chi connectivity index (χ4n) is 1.89. The molecular formula is C11H16N2. The predicted octanol–water partition coefficient (Wildman–Crippen LogP) is 1.68. The number of rotatable bonds is 2. The van der Waals surface area contributed by atoms with Crippen LogP contribution >= 0.6 is 0 Å². The van der Waals surface area contributed by atoms with Crippen LogP contribution in [0.25, 0.3) is 0 Å². The van der Waals surface area contributed by atoms with E-state index in [0.29, 0.717) is 6.04 Å². The number of hydrogen-bond acceptors (Lipinski definition) is 2. The molecule has 1 atom stereocenters. The second-order valence-corrected chi connectivity index (χ2v) is 3.82. The lowest BCUT2D eigenvalue weighted by molar-refractivity contribution is 0.595. The van der Waals surface area contributed by atoms with Gasteiger partial charge in [0.2, 0.25) is 0 Å². The summed E-state index contributed by atoms with van der Waals surface area (Å²) >= 11 is 0. The number of pyridine rings is 1. The van der Waals surface area contributed by atoms with Gasteiger partial charge in [0.1, 0.15) is 0 Å². The minimum absolute atomic E-state index is 0.661. The highest BCUT2D eigenvalue weighted by Gasteiger charge is 2.14. The minimum atomic E-state index is 0.661. The largest absolute Gasteiger partial charge is 0.314 e. The van der Waals surface area contributed by atoms with Crippen molar-refractivity contribution in [2.75, 3.05) is 6.54 Å². The molecule has 0 bridgehead atoms. The molecule has 1 unspecified atom stereocenters. The summed E-state index contributed by atoms with van der Waals surface area (Å²) in [6.07, 6.45) is 5.60. The molecule has 1 fully saturated rings. The molecule has 0 aliphatic carbocycles. The summed E-state index contributed by atoms with van der Waals surface area (Å²) in [6, 6.07) is 4.89. The summed E-state index contributed by atoms with van der Waals surface area (Å²) in [5, 5.41) is 3.48. The molecular weight excluding hydrogens is 160 g/mol. The maximum Gasteiger partial charge on any atom is 0.0421 e. The molecule has 70 valence electrons. The summed E-state index contributed by atoms with van der Waals surface area (Å²) < 4.78 is 0. The van der Waals surface area contributed by atoms with Crippen LogP contribution < -0.4 is 5.32 Å². The average molecular weight is 176 g/mol. The summed E-state index contributed by atoms with van der Waals surface area (Å²) in [5.41, 5.74) is 2.53. The molecule has 2 heterocycles. The second-order valence-electron chi connectivity index (χ2n) is 3.82. The first-order valence-corrected chi connectivity index (χ1v) is 4.99. The number of aromatic nitrogens is 1. The molecule has 1 saturated heterocycles. The molecule has 1 aromatic heterocycles. The van der Waals surface area contributed by atoms with Crippen LogP contribution in [0, 0.1) is 6.92 Å². The average Bonchev–Trinajstić information content (AvgIpc) is 2.57. The van der Waals surface area contributed by atoms with Gasteiger partial charge in [-0.2, -0.15) is 0 Å². The highest BCUT2D eigenvalue weighted by molar-refractivity contribution is 5.15. The molecule has 0 radical (unpaired) electrons. The van der Waals surface area contributed by atoms with Crippen LogP contribution in [0.15, 0.2) is 18.3 Å². The Labute approximate surface area is 79.4 Å². The van der Waals surface area contributed by atoms with Crippen LogP contribution in [-0.4, -0.2) is 17.6 Å². The number of nitrogens with zero attached hydrogens (tertiary/aromatic N) is 1. The predicted molar refractivity (Wildman–Crippen MR) is 53.7 cm³/mol. The SMILES string of the molecule is Cc1ccnc(CC2CCCN2)c1. The monoisotopic (exact) mass is 176 g/mol. The Morgan fingerprint density at radius 2 is 2.54 bits per heavy atom. The van der Waals surface area contributed by atoms with E-state index in [-0.39, 0.29) is 0 Å². The fourth-order valence-corrected chi connectivity index (χ4v) is 1.89. The van der Waals surface area contributed by atoms with Crippen molar-refractivity contribution in [1.82, 2.24) is 10.3 Å².